The minimum atomic E-state index is -0.112. The molecule has 22 heavy (non-hydrogen) atoms. The predicted molar refractivity (Wildman–Crippen MR) is 87.3 cm³/mol. The van der Waals surface area contributed by atoms with Crippen LogP contribution in [0.1, 0.15) is 23.3 Å². The number of hydrogen-bond donors (Lipinski definition) is 1. The van der Waals surface area contributed by atoms with Gasteiger partial charge in [-0.3, -0.25) is 4.79 Å². The third-order valence-corrected chi connectivity index (χ3v) is 3.90. The van der Waals surface area contributed by atoms with Gasteiger partial charge in [0.2, 0.25) is 0 Å². The molecule has 5 nitrogen and oxygen atoms in total. The van der Waals surface area contributed by atoms with E-state index in [0.29, 0.717) is 29.6 Å². The molecule has 118 valence electrons. The van der Waals surface area contributed by atoms with Gasteiger partial charge < -0.3 is 15.2 Å². The number of amides is 1. The van der Waals surface area contributed by atoms with Crippen LogP contribution in [0.5, 0.6) is 0 Å². The van der Waals surface area contributed by atoms with Gasteiger partial charge in [0.25, 0.3) is 5.91 Å². The molecular weight excluding hydrogens is 325 g/mol. The minimum absolute atomic E-state index is 0. The van der Waals surface area contributed by atoms with Gasteiger partial charge in [0, 0.05) is 35.8 Å². The normalized spacial score (nSPS) is 15.5. The molecule has 1 aliphatic rings. The van der Waals surface area contributed by atoms with Crippen molar-refractivity contribution in [2.24, 2.45) is 5.73 Å². The van der Waals surface area contributed by atoms with Gasteiger partial charge in [-0.15, -0.1) is 12.4 Å². The molecule has 0 radical (unpaired) electrons. The Hall–Kier alpha value is -1.56. The van der Waals surface area contributed by atoms with Gasteiger partial charge in [0.1, 0.15) is 0 Å². The minimum Gasteiger partial charge on any atom is -0.355 e. The third-order valence-electron chi connectivity index (χ3n) is 3.67. The van der Waals surface area contributed by atoms with Crippen LogP contribution in [-0.4, -0.2) is 35.1 Å². The largest absolute Gasteiger partial charge is 0.355 e. The molecule has 1 amide bonds. The molecule has 0 aliphatic carbocycles. The maximum absolute atomic E-state index is 12.4. The van der Waals surface area contributed by atoms with Crippen LogP contribution in [0.4, 0.5) is 0 Å². The highest BCUT2D eigenvalue weighted by molar-refractivity contribution is 6.30. The van der Waals surface area contributed by atoms with Crippen molar-refractivity contribution in [3.8, 4) is 11.3 Å². The fourth-order valence-electron chi connectivity index (χ4n) is 2.42. The fraction of sp³-hybridized carbons (Fsp3) is 0.333. The average molecular weight is 342 g/mol. The zero-order valence-corrected chi connectivity index (χ0v) is 13.4. The van der Waals surface area contributed by atoms with E-state index < -0.39 is 0 Å². The highest BCUT2D eigenvalue weighted by Crippen LogP contribution is 2.24. The molecule has 3 rings (SSSR count). The summed E-state index contributed by atoms with van der Waals surface area (Å²) in [5.74, 6) is 0.425. The molecule has 1 saturated heterocycles. The number of nitrogens with two attached hydrogens (primary N) is 1. The lowest BCUT2D eigenvalue weighted by Crippen LogP contribution is -2.42. The van der Waals surface area contributed by atoms with Gasteiger partial charge in [-0.05, 0) is 25.0 Å². The molecule has 7 heteroatoms. The van der Waals surface area contributed by atoms with Crippen molar-refractivity contribution in [3.05, 3.63) is 41.0 Å². The number of carbonyl (C=O) groups excluding carboxylic acids is 1. The highest BCUT2D eigenvalue weighted by atomic mass is 35.5. The number of likely N-dealkylation sites (tertiary alicyclic amines) is 1. The summed E-state index contributed by atoms with van der Waals surface area (Å²) in [4.78, 5) is 14.1. The first-order valence-electron chi connectivity index (χ1n) is 6.91. The Morgan fingerprint density at radius 2 is 2.05 bits per heavy atom. The van der Waals surface area contributed by atoms with Crippen LogP contribution < -0.4 is 5.73 Å². The maximum Gasteiger partial charge on any atom is 0.276 e. The van der Waals surface area contributed by atoms with Crippen LogP contribution in [0.2, 0.25) is 5.02 Å². The molecule has 1 aromatic carbocycles. The third kappa shape index (κ3) is 3.61. The van der Waals surface area contributed by atoms with E-state index >= 15 is 0 Å². The average Bonchev–Trinajstić information content (AvgIpc) is 2.97. The summed E-state index contributed by atoms with van der Waals surface area (Å²) in [5, 5.41) is 4.49. The van der Waals surface area contributed by atoms with Crippen LogP contribution >= 0.6 is 24.0 Å². The summed E-state index contributed by atoms with van der Waals surface area (Å²) in [7, 11) is 0. The second-order valence-electron chi connectivity index (χ2n) is 5.22. The van der Waals surface area contributed by atoms with Crippen molar-refractivity contribution < 1.29 is 9.32 Å². The Bertz CT molecular complexity index is 652. The molecule has 1 aromatic heterocycles. The lowest BCUT2D eigenvalue weighted by atomic mass is 10.1. The van der Waals surface area contributed by atoms with Gasteiger partial charge in [0.15, 0.2) is 11.5 Å². The van der Waals surface area contributed by atoms with Crippen LogP contribution in [-0.2, 0) is 0 Å². The first-order valence-corrected chi connectivity index (χ1v) is 7.29. The Balaban J connectivity index is 0.00000176. The standard InChI is InChI=1S/C15H16ClN3O2.ClH/c16-11-3-1-2-10(8-11)14-9-13(18-21-14)15(20)19-6-4-12(17)5-7-19;/h1-3,8-9,12H,4-7,17H2;1H. The number of carbonyl (C=O) groups is 1. The van der Waals surface area contributed by atoms with Crippen LogP contribution in [0, 0.1) is 0 Å². The number of rotatable bonds is 2. The van der Waals surface area contributed by atoms with E-state index in [4.69, 9.17) is 21.9 Å². The lowest BCUT2D eigenvalue weighted by Gasteiger charge is -2.29. The number of hydrogen-bond acceptors (Lipinski definition) is 4. The maximum atomic E-state index is 12.4. The summed E-state index contributed by atoms with van der Waals surface area (Å²) in [6.45, 7) is 1.33. The number of halogens is 2. The molecule has 2 heterocycles. The predicted octanol–water partition coefficient (Wildman–Crippen LogP) is 2.98. The molecule has 0 saturated carbocycles. The van der Waals surface area contributed by atoms with Crippen molar-refractivity contribution in [1.82, 2.24) is 10.1 Å². The van der Waals surface area contributed by atoms with Crippen molar-refractivity contribution >= 4 is 29.9 Å². The lowest BCUT2D eigenvalue weighted by molar-refractivity contribution is 0.0704. The topological polar surface area (TPSA) is 72.4 Å². The van der Waals surface area contributed by atoms with E-state index in [1.807, 2.05) is 12.1 Å². The fourth-order valence-corrected chi connectivity index (χ4v) is 2.61. The Morgan fingerprint density at radius 3 is 2.73 bits per heavy atom. The number of nitrogens with zero attached hydrogens (tertiary/aromatic N) is 2. The van der Waals surface area contributed by atoms with Crippen molar-refractivity contribution in [2.45, 2.75) is 18.9 Å². The Morgan fingerprint density at radius 1 is 1.32 bits per heavy atom. The molecule has 2 N–H and O–H groups in total. The van der Waals surface area contributed by atoms with Gasteiger partial charge in [0.05, 0.1) is 0 Å². The molecule has 0 spiro atoms. The molecule has 0 bridgehead atoms. The first-order chi connectivity index (χ1) is 10.1. The number of piperidine rings is 1. The molecular formula is C15H17Cl2N3O2. The smallest absolute Gasteiger partial charge is 0.276 e. The van der Waals surface area contributed by atoms with Crippen LogP contribution in [0.3, 0.4) is 0 Å². The van der Waals surface area contributed by atoms with E-state index in [-0.39, 0.29) is 24.4 Å². The van der Waals surface area contributed by atoms with E-state index in [1.165, 1.54) is 0 Å². The highest BCUT2D eigenvalue weighted by Gasteiger charge is 2.24. The summed E-state index contributed by atoms with van der Waals surface area (Å²) in [6, 6.07) is 9.09. The van der Waals surface area contributed by atoms with E-state index in [1.54, 1.807) is 23.1 Å². The van der Waals surface area contributed by atoms with E-state index in [2.05, 4.69) is 5.16 Å². The second kappa shape index (κ2) is 7.13. The van der Waals surface area contributed by atoms with Crippen molar-refractivity contribution in [3.63, 3.8) is 0 Å². The quantitative estimate of drug-likeness (QED) is 0.911. The van der Waals surface area contributed by atoms with Gasteiger partial charge in [-0.1, -0.05) is 28.9 Å². The van der Waals surface area contributed by atoms with Crippen LogP contribution in [0.25, 0.3) is 11.3 Å². The van der Waals surface area contributed by atoms with E-state index in [9.17, 15) is 4.79 Å². The SMILES string of the molecule is Cl.NC1CCN(C(=O)c2cc(-c3cccc(Cl)c3)on2)CC1. The molecule has 2 aromatic rings. The number of aromatic nitrogens is 1. The second-order valence-corrected chi connectivity index (χ2v) is 5.65. The molecule has 0 atom stereocenters. The molecule has 1 aliphatic heterocycles. The summed E-state index contributed by atoms with van der Waals surface area (Å²) in [6.07, 6.45) is 1.65. The first kappa shape index (κ1) is 16.8. The summed E-state index contributed by atoms with van der Waals surface area (Å²) in [5.41, 5.74) is 6.97. The van der Waals surface area contributed by atoms with Crippen LogP contribution in [0.15, 0.2) is 34.9 Å². The zero-order valence-electron chi connectivity index (χ0n) is 11.9. The molecule has 1 fully saturated rings. The van der Waals surface area contributed by atoms with E-state index in [0.717, 1.165) is 18.4 Å². The van der Waals surface area contributed by atoms with Gasteiger partial charge in [-0.25, -0.2) is 0 Å². The number of benzene rings is 1. The summed E-state index contributed by atoms with van der Waals surface area (Å²) >= 11 is 5.95. The Kier molecular flexibility index (Phi) is 5.45. The van der Waals surface area contributed by atoms with Crippen molar-refractivity contribution in [1.29, 1.82) is 0 Å². The van der Waals surface area contributed by atoms with Gasteiger partial charge >= 0.3 is 0 Å². The van der Waals surface area contributed by atoms with Gasteiger partial charge in [-0.2, -0.15) is 0 Å². The Labute approximate surface area is 139 Å². The molecule has 0 unspecified atom stereocenters. The monoisotopic (exact) mass is 341 g/mol. The summed E-state index contributed by atoms with van der Waals surface area (Å²) < 4.78 is 5.26. The van der Waals surface area contributed by atoms with Crippen molar-refractivity contribution in [2.75, 3.05) is 13.1 Å². The zero-order chi connectivity index (χ0) is 14.8.